The maximum absolute atomic E-state index is 6.04. The van der Waals surface area contributed by atoms with Crippen LogP contribution >= 0.6 is 27.3 Å². The molecule has 0 aliphatic rings. The molecule has 1 heterocycles. The van der Waals surface area contributed by atoms with Crippen molar-refractivity contribution in [1.82, 2.24) is 4.90 Å². The van der Waals surface area contributed by atoms with Crippen LogP contribution in [0.3, 0.4) is 0 Å². The van der Waals surface area contributed by atoms with E-state index >= 15 is 0 Å². The lowest BCUT2D eigenvalue weighted by Crippen LogP contribution is -2.22. The Hall–Kier alpha value is -0.840. The Kier molecular flexibility index (Phi) is 4.80. The molecule has 18 heavy (non-hydrogen) atoms. The number of halogens is 1. The Morgan fingerprint density at radius 1 is 1.22 bits per heavy atom. The van der Waals surface area contributed by atoms with Gasteiger partial charge in [-0.3, -0.25) is 4.90 Å². The highest BCUT2D eigenvalue weighted by Gasteiger charge is 2.10. The lowest BCUT2D eigenvalue weighted by atomic mass is 10.1. The number of nitrogens with zero attached hydrogens (tertiary/aromatic N) is 1. The number of nitrogens with two attached hydrogens (primary N) is 1. The van der Waals surface area contributed by atoms with Gasteiger partial charge >= 0.3 is 0 Å². The zero-order valence-corrected chi connectivity index (χ0v) is 12.8. The number of hydrogen-bond acceptors (Lipinski definition) is 3. The minimum Gasteiger partial charge on any atom is -0.398 e. The first-order chi connectivity index (χ1) is 8.70. The quantitative estimate of drug-likeness (QED) is 0.838. The second kappa shape index (κ2) is 6.36. The van der Waals surface area contributed by atoms with E-state index in [9.17, 15) is 0 Å². The maximum atomic E-state index is 6.04. The van der Waals surface area contributed by atoms with Crippen molar-refractivity contribution >= 4 is 33.0 Å². The molecule has 1 aromatic heterocycles. The van der Waals surface area contributed by atoms with Gasteiger partial charge in [0, 0.05) is 33.7 Å². The third-order valence-corrected chi connectivity index (χ3v) is 4.55. The van der Waals surface area contributed by atoms with E-state index in [2.05, 4.69) is 45.3 Å². The Bertz CT molecular complexity index is 476. The third kappa shape index (κ3) is 3.34. The molecular weight excluding hydrogens is 308 g/mol. The van der Waals surface area contributed by atoms with Crippen LogP contribution < -0.4 is 5.73 Å². The molecular formula is C14H17BrN2S. The van der Waals surface area contributed by atoms with Crippen LogP contribution in [0.1, 0.15) is 17.4 Å². The fourth-order valence-electron chi connectivity index (χ4n) is 1.87. The highest BCUT2D eigenvalue weighted by molar-refractivity contribution is 9.10. The maximum Gasteiger partial charge on any atom is 0.0371 e. The molecule has 2 rings (SSSR count). The van der Waals surface area contributed by atoms with Crippen LogP contribution in [0.4, 0.5) is 5.69 Å². The Morgan fingerprint density at radius 2 is 2.06 bits per heavy atom. The van der Waals surface area contributed by atoms with Crippen LogP contribution in [0.5, 0.6) is 0 Å². The molecule has 0 amide bonds. The predicted molar refractivity (Wildman–Crippen MR) is 82.7 cm³/mol. The number of nitrogen functional groups attached to an aromatic ring is 1. The Labute approximate surface area is 121 Å². The smallest absolute Gasteiger partial charge is 0.0371 e. The first-order valence-electron chi connectivity index (χ1n) is 5.98. The molecule has 0 fully saturated rings. The molecule has 0 radical (unpaired) electrons. The summed E-state index contributed by atoms with van der Waals surface area (Å²) < 4.78 is 1.09. The molecule has 0 bridgehead atoms. The highest BCUT2D eigenvalue weighted by Crippen LogP contribution is 2.25. The normalized spacial score (nSPS) is 11.1. The van der Waals surface area contributed by atoms with Crippen LogP contribution in [0.25, 0.3) is 0 Å². The summed E-state index contributed by atoms with van der Waals surface area (Å²) in [5, 5.41) is 2.12. The topological polar surface area (TPSA) is 29.3 Å². The monoisotopic (exact) mass is 324 g/mol. The van der Waals surface area contributed by atoms with Gasteiger partial charge in [-0.2, -0.15) is 0 Å². The molecule has 2 nitrogen and oxygen atoms in total. The third-order valence-electron chi connectivity index (χ3n) is 2.94. The van der Waals surface area contributed by atoms with Gasteiger partial charge in [0.2, 0.25) is 0 Å². The Morgan fingerprint density at radius 3 is 2.67 bits per heavy atom. The van der Waals surface area contributed by atoms with E-state index in [1.807, 2.05) is 18.2 Å². The van der Waals surface area contributed by atoms with E-state index in [-0.39, 0.29) is 0 Å². The number of benzene rings is 1. The molecule has 0 aliphatic heterocycles. The average molecular weight is 325 g/mol. The van der Waals surface area contributed by atoms with Gasteiger partial charge in [-0.05, 0) is 30.1 Å². The lowest BCUT2D eigenvalue weighted by molar-refractivity contribution is 0.274. The number of thiophene rings is 1. The van der Waals surface area contributed by atoms with Gasteiger partial charge in [0.25, 0.3) is 0 Å². The Balaban J connectivity index is 2.10. The average Bonchev–Trinajstić information content (AvgIpc) is 2.85. The molecule has 0 saturated heterocycles. The van der Waals surface area contributed by atoms with Crippen molar-refractivity contribution in [3.8, 4) is 0 Å². The first kappa shape index (κ1) is 13.6. The second-order valence-corrected chi connectivity index (χ2v) is 6.08. The van der Waals surface area contributed by atoms with Crippen molar-refractivity contribution in [2.24, 2.45) is 0 Å². The fraction of sp³-hybridized carbons (Fsp3) is 0.286. The zero-order chi connectivity index (χ0) is 13.0. The minimum atomic E-state index is 0.856. The van der Waals surface area contributed by atoms with Gasteiger partial charge < -0.3 is 5.73 Å². The van der Waals surface area contributed by atoms with E-state index in [1.54, 1.807) is 11.3 Å². The summed E-state index contributed by atoms with van der Waals surface area (Å²) in [6.07, 6.45) is 0. The predicted octanol–water partition coefficient (Wildman–Crippen LogP) is 4.11. The summed E-state index contributed by atoms with van der Waals surface area (Å²) in [5.74, 6) is 0. The van der Waals surface area contributed by atoms with Crippen molar-refractivity contribution in [3.63, 3.8) is 0 Å². The molecule has 0 atom stereocenters. The van der Waals surface area contributed by atoms with Crippen LogP contribution in [-0.4, -0.2) is 11.4 Å². The standard InChI is InChI=1S/C14H17BrN2S/c1-2-17(9-11-5-4-8-18-11)10-12-13(15)6-3-7-14(12)16/h3-8H,2,9-10,16H2,1H3. The van der Waals surface area contributed by atoms with Crippen molar-refractivity contribution < 1.29 is 0 Å². The van der Waals surface area contributed by atoms with Crippen LogP contribution in [-0.2, 0) is 13.1 Å². The van der Waals surface area contributed by atoms with Crippen LogP contribution in [0, 0.1) is 0 Å². The molecule has 0 unspecified atom stereocenters. The van der Waals surface area contributed by atoms with E-state index in [1.165, 1.54) is 10.4 Å². The zero-order valence-electron chi connectivity index (χ0n) is 10.4. The first-order valence-corrected chi connectivity index (χ1v) is 7.65. The van der Waals surface area contributed by atoms with E-state index in [4.69, 9.17) is 5.73 Å². The summed E-state index contributed by atoms with van der Waals surface area (Å²) in [6, 6.07) is 10.2. The number of hydrogen-bond donors (Lipinski definition) is 1. The lowest BCUT2D eigenvalue weighted by Gasteiger charge is -2.21. The van der Waals surface area contributed by atoms with Crippen LogP contribution in [0.15, 0.2) is 40.2 Å². The fourth-order valence-corrected chi connectivity index (χ4v) is 3.12. The van der Waals surface area contributed by atoms with Gasteiger partial charge in [0.05, 0.1) is 0 Å². The highest BCUT2D eigenvalue weighted by atomic mass is 79.9. The van der Waals surface area contributed by atoms with Crippen molar-refractivity contribution in [2.75, 3.05) is 12.3 Å². The van der Waals surface area contributed by atoms with Gasteiger partial charge in [-0.1, -0.05) is 35.0 Å². The van der Waals surface area contributed by atoms with Gasteiger partial charge in [0.15, 0.2) is 0 Å². The summed E-state index contributed by atoms with van der Waals surface area (Å²) >= 11 is 5.38. The molecule has 2 aromatic rings. The summed E-state index contributed by atoms with van der Waals surface area (Å²) in [6.45, 7) is 5.05. The van der Waals surface area contributed by atoms with E-state index in [0.717, 1.165) is 29.8 Å². The van der Waals surface area contributed by atoms with Crippen molar-refractivity contribution in [2.45, 2.75) is 20.0 Å². The summed E-state index contributed by atoms with van der Waals surface area (Å²) in [7, 11) is 0. The van der Waals surface area contributed by atoms with Crippen molar-refractivity contribution in [1.29, 1.82) is 0 Å². The number of anilines is 1. The number of rotatable bonds is 5. The van der Waals surface area contributed by atoms with Gasteiger partial charge in [0.1, 0.15) is 0 Å². The van der Waals surface area contributed by atoms with Crippen LogP contribution in [0.2, 0.25) is 0 Å². The molecule has 1 aromatic carbocycles. The molecule has 0 aliphatic carbocycles. The minimum absolute atomic E-state index is 0.856. The SMILES string of the molecule is CCN(Cc1cccs1)Cc1c(N)cccc1Br. The second-order valence-electron chi connectivity index (χ2n) is 4.19. The molecule has 2 N–H and O–H groups in total. The molecule has 0 spiro atoms. The van der Waals surface area contributed by atoms with E-state index in [0.29, 0.717) is 0 Å². The summed E-state index contributed by atoms with van der Waals surface area (Å²) in [5.41, 5.74) is 8.08. The largest absolute Gasteiger partial charge is 0.398 e. The molecule has 4 heteroatoms. The van der Waals surface area contributed by atoms with Gasteiger partial charge in [-0.25, -0.2) is 0 Å². The summed E-state index contributed by atoms with van der Waals surface area (Å²) in [4.78, 5) is 3.78. The van der Waals surface area contributed by atoms with Crippen molar-refractivity contribution in [3.05, 3.63) is 50.6 Å². The van der Waals surface area contributed by atoms with E-state index < -0.39 is 0 Å². The molecule has 0 saturated carbocycles. The van der Waals surface area contributed by atoms with Gasteiger partial charge in [-0.15, -0.1) is 11.3 Å². The molecule has 96 valence electrons.